The Bertz CT molecular complexity index is 1800. The van der Waals surface area contributed by atoms with E-state index in [-0.39, 0.29) is 16.9 Å². The fourth-order valence-electron chi connectivity index (χ4n) is 5.46. The molecule has 0 fully saturated rings. The second-order valence-corrected chi connectivity index (χ2v) is 9.43. The van der Waals surface area contributed by atoms with Gasteiger partial charge in [0, 0.05) is 48.5 Å². The number of nitrogens with zero attached hydrogens (tertiary/aromatic N) is 5. The first-order valence-corrected chi connectivity index (χ1v) is 12.1. The maximum Gasteiger partial charge on any atom is 0.261 e. The van der Waals surface area contributed by atoms with Gasteiger partial charge in [0.2, 0.25) is 0 Å². The highest BCUT2D eigenvalue weighted by Gasteiger charge is 2.41. The van der Waals surface area contributed by atoms with Gasteiger partial charge in [-0.2, -0.15) is 0 Å². The zero-order valence-corrected chi connectivity index (χ0v) is 20.3. The van der Waals surface area contributed by atoms with Crippen LogP contribution < -0.4 is 10.2 Å². The van der Waals surface area contributed by atoms with Crippen LogP contribution >= 0.6 is 0 Å². The monoisotopic (exact) mass is 500 g/mol. The maximum atomic E-state index is 13.4. The molecule has 1 unspecified atom stereocenters. The minimum absolute atomic E-state index is 0.0526. The number of nitrogens with one attached hydrogen (secondary N) is 1. The summed E-state index contributed by atoms with van der Waals surface area (Å²) in [5.41, 5.74) is 5.89. The average molecular weight is 501 g/mol. The Labute approximate surface area is 216 Å². The first-order valence-electron chi connectivity index (χ1n) is 12.1. The molecule has 1 N–H and O–H groups in total. The molecule has 7 rings (SSSR count). The van der Waals surface area contributed by atoms with Crippen LogP contribution in [0.25, 0.3) is 11.2 Å². The molecule has 3 aliphatic rings. The predicted octanol–water partition coefficient (Wildman–Crippen LogP) is 3.04. The Morgan fingerprint density at radius 3 is 2.74 bits per heavy atom. The number of carbonyl (C=O) groups is 3. The molecule has 38 heavy (non-hydrogen) atoms. The molecule has 0 saturated heterocycles. The van der Waals surface area contributed by atoms with E-state index >= 15 is 0 Å². The van der Waals surface area contributed by atoms with E-state index in [0.717, 1.165) is 16.8 Å². The van der Waals surface area contributed by atoms with Crippen molar-refractivity contribution in [3.05, 3.63) is 113 Å². The van der Waals surface area contributed by atoms with E-state index in [0.29, 0.717) is 34.6 Å². The number of Topliss-reactive ketones (excluding diaryl/α,β-unsaturated/α-hetero) is 1. The number of amides is 2. The van der Waals surface area contributed by atoms with E-state index in [2.05, 4.69) is 20.3 Å². The van der Waals surface area contributed by atoms with Crippen molar-refractivity contribution in [3.63, 3.8) is 0 Å². The molecule has 1 atom stereocenters. The van der Waals surface area contributed by atoms with Crippen LogP contribution in [0.4, 0.5) is 5.69 Å². The molecule has 0 aliphatic carbocycles. The number of pyridine rings is 2. The summed E-state index contributed by atoms with van der Waals surface area (Å²) in [5, 5.41) is 2.45. The Morgan fingerprint density at radius 1 is 1.03 bits per heavy atom. The fourth-order valence-corrected chi connectivity index (χ4v) is 5.46. The largest absolute Gasteiger partial charge is 0.334 e. The zero-order valence-electron chi connectivity index (χ0n) is 20.3. The van der Waals surface area contributed by atoms with Gasteiger partial charge in [-0.3, -0.25) is 34.1 Å². The third kappa shape index (κ3) is 3.18. The van der Waals surface area contributed by atoms with Gasteiger partial charge in [0.05, 0.1) is 34.4 Å². The summed E-state index contributed by atoms with van der Waals surface area (Å²) >= 11 is 0. The highest BCUT2D eigenvalue weighted by atomic mass is 16.2. The molecule has 184 valence electrons. The quantitative estimate of drug-likeness (QED) is 0.341. The topological polar surface area (TPSA) is 109 Å². The number of para-hydroxylation sites is 1. The van der Waals surface area contributed by atoms with Gasteiger partial charge in [-0.15, -0.1) is 0 Å². The summed E-state index contributed by atoms with van der Waals surface area (Å²) in [7, 11) is 0. The van der Waals surface area contributed by atoms with Crippen LogP contribution in [0.15, 0.2) is 90.2 Å². The van der Waals surface area contributed by atoms with Crippen LogP contribution in [0.2, 0.25) is 0 Å². The van der Waals surface area contributed by atoms with Crippen molar-refractivity contribution in [2.75, 3.05) is 4.90 Å². The minimum atomic E-state index is -0.521. The van der Waals surface area contributed by atoms with Crippen LogP contribution in [0.1, 0.15) is 32.7 Å². The van der Waals surface area contributed by atoms with Crippen LogP contribution in [-0.4, -0.2) is 43.7 Å². The average Bonchev–Trinajstić information content (AvgIpc) is 3.54. The molecule has 0 saturated carbocycles. The number of anilines is 1. The number of imidazole rings is 1. The lowest BCUT2D eigenvalue weighted by Crippen LogP contribution is -2.35. The van der Waals surface area contributed by atoms with Crippen molar-refractivity contribution in [1.29, 1.82) is 0 Å². The highest BCUT2D eigenvalue weighted by Crippen LogP contribution is 2.40. The fraction of sp³-hybridized carbons (Fsp3) is 0.103. The number of aliphatic imine (C=N–C) groups is 1. The molecular formula is C29H20N6O3. The Morgan fingerprint density at radius 2 is 1.89 bits per heavy atom. The Balaban J connectivity index is 1.39. The van der Waals surface area contributed by atoms with Crippen molar-refractivity contribution in [1.82, 2.24) is 19.7 Å². The van der Waals surface area contributed by atoms with Gasteiger partial charge in [-0.1, -0.05) is 24.3 Å². The van der Waals surface area contributed by atoms with Crippen molar-refractivity contribution >= 4 is 40.2 Å². The molecule has 9 heteroatoms. The van der Waals surface area contributed by atoms with Gasteiger partial charge >= 0.3 is 0 Å². The maximum absolute atomic E-state index is 13.4. The summed E-state index contributed by atoms with van der Waals surface area (Å²) in [4.78, 5) is 54.9. The van der Waals surface area contributed by atoms with Crippen LogP contribution in [0.3, 0.4) is 0 Å². The van der Waals surface area contributed by atoms with E-state index < -0.39 is 17.9 Å². The number of hydrogen-bond acceptors (Lipinski definition) is 7. The van der Waals surface area contributed by atoms with E-state index in [9.17, 15) is 14.4 Å². The molecule has 3 aromatic heterocycles. The number of aromatic nitrogens is 3. The number of carbonyl (C=O) groups excluding carboxylic acids is 3. The zero-order chi connectivity index (χ0) is 26.0. The molecular weight excluding hydrogens is 480 g/mol. The van der Waals surface area contributed by atoms with Crippen LogP contribution in [-0.2, 0) is 16.0 Å². The van der Waals surface area contributed by atoms with Gasteiger partial charge in [0.25, 0.3) is 11.8 Å². The molecule has 4 aromatic rings. The smallest absolute Gasteiger partial charge is 0.261 e. The molecule has 0 radical (unpaired) electrons. The predicted molar refractivity (Wildman–Crippen MR) is 141 cm³/mol. The number of benzene rings is 1. The molecule has 3 aliphatic heterocycles. The van der Waals surface area contributed by atoms with Crippen molar-refractivity contribution in [2.45, 2.75) is 19.4 Å². The third-order valence-electron chi connectivity index (χ3n) is 7.14. The summed E-state index contributed by atoms with van der Waals surface area (Å²) in [5.74, 6) is -1.08. The lowest BCUT2D eigenvalue weighted by Gasteiger charge is -2.23. The van der Waals surface area contributed by atoms with Crippen LogP contribution in [0, 0.1) is 6.92 Å². The van der Waals surface area contributed by atoms with Crippen molar-refractivity contribution in [3.8, 4) is 0 Å². The number of hydrogen-bond donors (Lipinski definition) is 1. The Kier molecular flexibility index (Phi) is 4.74. The first kappa shape index (κ1) is 22.1. The normalized spacial score (nSPS) is 18.1. The minimum Gasteiger partial charge on any atom is -0.334 e. The van der Waals surface area contributed by atoms with Gasteiger partial charge in [-0.25, -0.2) is 4.98 Å². The summed E-state index contributed by atoms with van der Waals surface area (Å²) in [6.07, 6.45) is 10.5. The number of fused-ring (bicyclic) bond motifs is 1. The van der Waals surface area contributed by atoms with E-state index in [1.165, 1.54) is 0 Å². The lowest BCUT2D eigenvalue weighted by molar-refractivity contribution is -0.123. The third-order valence-corrected chi connectivity index (χ3v) is 7.14. The van der Waals surface area contributed by atoms with E-state index in [1.807, 2.05) is 48.4 Å². The van der Waals surface area contributed by atoms with Gasteiger partial charge < -0.3 is 4.90 Å². The van der Waals surface area contributed by atoms with Crippen LogP contribution in [0.5, 0.6) is 0 Å². The molecule has 6 heterocycles. The number of ketones is 1. The summed E-state index contributed by atoms with van der Waals surface area (Å²) in [6.45, 7) is 1.95. The molecule has 1 aromatic carbocycles. The molecule has 9 nitrogen and oxygen atoms in total. The lowest BCUT2D eigenvalue weighted by atomic mass is 9.94. The number of aryl methyl sites for hydroxylation is 1. The molecule has 0 spiro atoms. The van der Waals surface area contributed by atoms with Gasteiger partial charge in [0.15, 0.2) is 5.78 Å². The first-order chi connectivity index (χ1) is 18.5. The molecule has 2 amide bonds. The van der Waals surface area contributed by atoms with Crippen molar-refractivity contribution < 1.29 is 14.4 Å². The SMILES string of the molecule is Cc1ccc2ncc(C3=C(C4=NC=CN5c6c(cccc64)CC5C(=O)c4cccnc4)C(=O)NC3=O)n2c1. The highest BCUT2D eigenvalue weighted by molar-refractivity contribution is 6.47. The second-order valence-electron chi connectivity index (χ2n) is 9.43. The second kappa shape index (κ2) is 8.17. The van der Waals surface area contributed by atoms with E-state index in [4.69, 9.17) is 0 Å². The summed E-state index contributed by atoms with van der Waals surface area (Å²) in [6, 6.07) is 12.5. The van der Waals surface area contributed by atoms with E-state index in [1.54, 1.807) is 47.5 Å². The van der Waals surface area contributed by atoms with Crippen molar-refractivity contribution in [2.24, 2.45) is 4.99 Å². The number of rotatable bonds is 4. The number of imide groups is 1. The summed E-state index contributed by atoms with van der Waals surface area (Å²) < 4.78 is 1.81. The molecule has 0 bridgehead atoms. The van der Waals surface area contributed by atoms with Gasteiger partial charge in [0.1, 0.15) is 11.7 Å². The van der Waals surface area contributed by atoms with Gasteiger partial charge in [-0.05, 0) is 36.2 Å². The standard InChI is InChI=1S/C29H20N6O3/c1-16-7-8-22-32-14-21(35(22)15-16)23-24(29(38)33-28(23)37)25-19-6-2-4-17-12-20(34(26(17)19)11-10-31-25)27(36)18-5-3-9-30-13-18/h2-11,13-15,20H,12H2,1H3,(H,33,37,38). The Hall–Kier alpha value is -5.18.